The fourth-order valence-electron chi connectivity index (χ4n) is 3.40. The van der Waals surface area contributed by atoms with Crippen molar-refractivity contribution < 1.29 is 0 Å². The van der Waals surface area contributed by atoms with E-state index in [9.17, 15) is 4.79 Å². The van der Waals surface area contributed by atoms with Gasteiger partial charge in [-0.25, -0.2) is 4.98 Å². The van der Waals surface area contributed by atoms with Crippen LogP contribution in [0.2, 0.25) is 0 Å². The summed E-state index contributed by atoms with van der Waals surface area (Å²) in [5.41, 5.74) is 3.29. The Kier molecular flexibility index (Phi) is 4.78. The number of aromatic amines is 1. The topological polar surface area (TPSA) is 61.0 Å². The van der Waals surface area contributed by atoms with Crippen molar-refractivity contribution in [1.29, 1.82) is 0 Å². The predicted octanol–water partition coefficient (Wildman–Crippen LogP) is 3.57. The van der Waals surface area contributed by atoms with E-state index in [-0.39, 0.29) is 5.56 Å². The number of aromatic nitrogens is 2. The molecule has 3 aromatic rings. The fraction of sp³-hybridized carbons (Fsp3) is 0.400. The molecule has 0 bridgehead atoms. The first-order valence-electron chi connectivity index (χ1n) is 9.21. The van der Waals surface area contributed by atoms with Crippen molar-refractivity contribution in [3.8, 4) is 11.1 Å². The number of nitrogens with one attached hydrogen (secondary N) is 2. The van der Waals surface area contributed by atoms with Crippen LogP contribution < -0.4 is 15.8 Å². The van der Waals surface area contributed by atoms with Gasteiger partial charge >= 0.3 is 0 Å². The Hall–Kier alpha value is -2.18. The summed E-state index contributed by atoms with van der Waals surface area (Å²) in [6.07, 6.45) is 1.06. The molecular formula is C20H24N4OS. The van der Waals surface area contributed by atoms with E-state index in [1.165, 1.54) is 5.56 Å². The molecule has 4 rings (SSSR count). The lowest BCUT2D eigenvalue weighted by Gasteiger charge is -2.20. The molecule has 1 aromatic carbocycles. The third-order valence-electron chi connectivity index (χ3n) is 4.96. The lowest BCUT2D eigenvalue weighted by atomic mass is 9.99. The van der Waals surface area contributed by atoms with Crippen LogP contribution in [0.25, 0.3) is 21.3 Å². The number of hydrogen-bond acceptors (Lipinski definition) is 5. The first kappa shape index (κ1) is 17.2. The SMILES string of the molecule is CC(C)c1ccc(-c2csc3nc(N4CCCNCC4)[nH]c(=O)c23)cc1. The van der Waals surface area contributed by atoms with Gasteiger partial charge in [0.25, 0.3) is 5.56 Å². The zero-order valence-electron chi connectivity index (χ0n) is 15.2. The van der Waals surface area contributed by atoms with Crippen molar-refractivity contribution in [3.05, 3.63) is 45.6 Å². The molecule has 0 atom stereocenters. The molecule has 0 saturated carbocycles. The second-order valence-electron chi connectivity index (χ2n) is 7.09. The molecule has 2 N–H and O–H groups in total. The van der Waals surface area contributed by atoms with Gasteiger partial charge in [0.1, 0.15) is 4.83 Å². The maximum Gasteiger partial charge on any atom is 0.261 e. The first-order chi connectivity index (χ1) is 12.6. The monoisotopic (exact) mass is 368 g/mol. The molecule has 26 heavy (non-hydrogen) atoms. The van der Waals surface area contributed by atoms with Crippen LogP contribution >= 0.6 is 11.3 Å². The van der Waals surface area contributed by atoms with Crippen LogP contribution in [0.5, 0.6) is 0 Å². The predicted molar refractivity (Wildman–Crippen MR) is 109 cm³/mol. The molecular weight excluding hydrogens is 344 g/mol. The van der Waals surface area contributed by atoms with Gasteiger partial charge in [0.2, 0.25) is 5.95 Å². The van der Waals surface area contributed by atoms with Gasteiger partial charge in [-0.2, -0.15) is 0 Å². The van der Waals surface area contributed by atoms with E-state index in [4.69, 9.17) is 4.98 Å². The van der Waals surface area contributed by atoms with Gasteiger partial charge in [0.05, 0.1) is 5.39 Å². The van der Waals surface area contributed by atoms with Gasteiger partial charge in [0.15, 0.2) is 0 Å². The van der Waals surface area contributed by atoms with Crippen molar-refractivity contribution in [2.75, 3.05) is 31.1 Å². The molecule has 0 unspecified atom stereocenters. The Morgan fingerprint density at radius 3 is 2.73 bits per heavy atom. The van der Waals surface area contributed by atoms with E-state index in [2.05, 4.69) is 53.3 Å². The van der Waals surface area contributed by atoms with Crippen LogP contribution in [0.3, 0.4) is 0 Å². The van der Waals surface area contributed by atoms with Crippen molar-refractivity contribution in [2.24, 2.45) is 0 Å². The quantitative estimate of drug-likeness (QED) is 0.742. The van der Waals surface area contributed by atoms with E-state index < -0.39 is 0 Å². The summed E-state index contributed by atoms with van der Waals surface area (Å²) in [5, 5.41) is 6.12. The third-order valence-corrected chi connectivity index (χ3v) is 5.83. The van der Waals surface area contributed by atoms with Crippen LogP contribution in [-0.2, 0) is 0 Å². The summed E-state index contributed by atoms with van der Waals surface area (Å²) in [7, 11) is 0. The minimum Gasteiger partial charge on any atom is -0.341 e. The average Bonchev–Trinajstić information content (AvgIpc) is 2.88. The summed E-state index contributed by atoms with van der Waals surface area (Å²) in [6, 6.07) is 8.49. The smallest absolute Gasteiger partial charge is 0.261 e. The second kappa shape index (κ2) is 7.21. The van der Waals surface area contributed by atoms with E-state index in [0.717, 1.165) is 48.6 Å². The number of rotatable bonds is 3. The van der Waals surface area contributed by atoms with Gasteiger partial charge in [0, 0.05) is 30.6 Å². The maximum absolute atomic E-state index is 12.8. The molecule has 136 valence electrons. The molecule has 1 aliphatic rings. The van der Waals surface area contributed by atoms with Crippen molar-refractivity contribution in [1.82, 2.24) is 15.3 Å². The van der Waals surface area contributed by atoms with Crippen molar-refractivity contribution in [3.63, 3.8) is 0 Å². The number of H-pyrrole nitrogens is 1. The maximum atomic E-state index is 12.8. The number of nitrogens with zero attached hydrogens (tertiary/aromatic N) is 2. The summed E-state index contributed by atoms with van der Waals surface area (Å²) >= 11 is 1.54. The van der Waals surface area contributed by atoms with Crippen LogP contribution in [0.4, 0.5) is 5.95 Å². The number of fused-ring (bicyclic) bond motifs is 1. The number of hydrogen-bond donors (Lipinski definition) is 2. The molecule has 2 aromatic heterocycles. The summed E-state index contributed by atoms with van der Waals surface area (Å²) in [6.45, 7) is 8.07. The molecule has 6 heteroatoms. The fourth-order valence-corrected chi connectivity index (χ4v) is 4.35. The van der Waals surface area contributed by atoms with Crippen LogP contribution in [-0.4, -0.2) is 36.1 Å². The molecule has 0 spiro atoms. The molecule has 0 radical (unpaired) electrons. The zero-order valence-corrected chi connectivity index (χ0v) is 16.0. The van der Waals surface area contributed by atoms with Crippen LogP contribution in [0, 0.1) is 0 Å². The standard InChI is InChI=1S/C20H24N4OS/c1-13(2)14-4-6-15(7-5-14)16-12-26-19-17(16)18(25)22-20(23-19)24-10-3-8-21-9-11-24/h4-7,12-13,21H,3,8-11H2,1-2H3,(H,22,23,25). The van der Waals surface area contributed by atoms with Crippen molar-refractivity contribution in [2.45, 2.75) is 26.2 Å². The summed E-state index contributed by atoms with van der Waals surface area (Å²) < 4.78 is 0. The Balaban J connectivity index is 1.73. The minimum absolute atomic E-state index is 0.0496. The Morgan fingerprint density at radius 1 is 1.15 bits per heavy atom. The molecule has 1 fully saturated rings. The van der Waals surface area contributed by atoms with Gasteiger partial charge in [-0.05, 0) is 30.0 Å². The molecule has 0 aliphatic carbocycles. The number of anilines is 1. The molecule has 5 nitrogen and oxygen atoms in total. The van der Waals surface area contributed by atoms with Gasteiger partial charge in [-0.15, -0.1) is 11.3 Å². The highest BCUT2D eigenvalue weighted by Gasteiger charge is 2.17. The number of thiophene rings is 1. The van der Waals surface area contributed by atoms with E-state index in [1.54, 1.807) is 11.3 Å². The van der Waals surface area contributed by atoms with Gasteiger partial charge < -0.3 is 10.2 Å². The van der Waals surface area contributed by atoms with Gasteiger partial charge in [-0.1, -0.05) is 38.1 Å². The lowest BCUT2D eigenvalue weighted by molar-refractivity contribution is 0.724. The highest BCUT2D eigenvalue weighted by atomic mass is 32.1. The van der Waals surface area contributed by atoms with Crippen LogP contribution in [0.1, 0.15) is 31.7 Å². The van der Waals surface area contributed by atoms with Crippen LogP contribution in [0.15, 0.2) is 34.4 Å². The summed E-state index contributed by atoms with van der Waals surface area (Å²) in [4.78, 5) is 23.6. The molecule has 1 saturated heterocycles. The largest absolute Gasteiger partial charge is 0.341 e. The van der Waals surface area contributed by atoms with Crippen molar-refractivity contribution >= 4 is 27.5 Å². The van der Waals surface area contributed by atoms with E-state index in [0.29, 0.717) is 17.3 Å². The van der Waals surface area contributed by atoms with E-state index in [1.807, 2.05) is 5.38 Å². The molecule has 3 heterocycles. The zero-order chi connectivity index (χ0) is 18.1. The highest BCUT2D eigenvalue weighted by molar-refractivity contribution is 7.17. The Morgan fingerprint density at radius 2 is 1.96 bits per heavy atom. The first-order valence-corrected chi connectivity index (χ1v) is 10.1. The lowest BCUT2D eigenvalue weighted by Crippen LogP contribution is -2.31. The normalized spacial score (nSPS) is 15.6. The number of benzene rings is 1. The summed E-state index contributed by atoms with van der Waals surface area (Å²) in [5.74, 6) is 1.19. The van der Waals surface area contributed by atoms with Gasteiger partial charge in [-0.3, -0.25) is 9.78 Å². The second-order valence-corrected chi connectivity index (χ2v) is 7.94. The third kappa shape index (κ3) is 3.27. The van der Waals surface area contributed by atoms with E-state index >= 15 is 0 Å². The minimum atomic E-state index is -0.0496. The average molecular weight is 369 g/mol. The molecule has 1 aliphatic heterocycles. The Labute approximate surface area is 157 Å². The Bertz CT molecular complexity index is 950. The molecule has 0 amide bonds. The highest BCUT2D eigenvalue weighted by Crippen LogP contribution is 2.32.